The standard InChI is InChI=1S/C44H24O4/c45-42-35-19-21-39-41(43(46)34-18-15-28(24-40(34)47-39)25-8-2-1-3-9-25)44(35)48-38-20-16-27(23-37(38)42)26-14-17-33-31-12-5-4-10-29(31)30-11-6-7-13-32(30)36(33)22-26/h1-24H. The van der Waals surface area contributed by atoms with Crippen molar-refractivity contribution in [2.75, 3.05) is 0 Å². The van der Waals surface area contributed by atoms with E-state index in [0.29, 0.717) is 32.9 Å². The molecular formula is C44H24O4. The van der Waals surface area contributed by atoms with Crippen LogP contribution in [0.3, 0.4) is 0 Å². The van der Waals surface area contributed by atoms with Gasteiger partial charge in [0.15, 0.2) is 5.58 Å². The maximum absolute atomic E-state index is 14.0. The molecule has 2 heterocycles. The molecule has 4 nitrogen and oxygen atoms in total. The Bertz CT molecular complexity index is 3060. The number of fused-ring (bicyclic) bond motifs is 11. The molecule has 10 rings (SSSR count). The van der Waals surface area contributed by atoms with Gasteiger partial charge in [-0.2, -0.15) is 0 Å². The Morgan fingerprint density at radius 1 is 0.312 bits per heavy atom. The van der Waals surface area contributed by atoms with E-state index in [2.05, 4.69) is 66.7 Å². The molecule has 8 aromatic carbocycles. The monoisotopic (exact) mass is 616 g/mol. The first-order valence-electron chi connectivity index (χ1n) is 15.9. The SMILES string of the molecule is O=c1c2cc(-c3ccc4c5ccccc5c5ccccc5c4c3)ccc2oc2c1ccc1oc3cc(-c4ccccc4)ccc3c(=O)c12. The molecule has 10 aromatic rings. The highest BCUT2D eigenvalue weighted by Gasteiger charge is 2.18. The fourth-order valence-electron chi connectivity index (χ4n) is 7.33. The molecular weight excluding hydrogens is 592 g/mol. The summed E-state index contributed by atoms with van der Waals surface area (Å²) >= 11 is 0. The Balaban J connectivity index is 1.16. The van der Waals surface area contributed by atoms with Gasteiger partial charge in [0.1, 0.15) is 22.1 Å². The van der Waals surface area contributed by atoms with Crippen LogP contribution >= 0.6 is 0 Å². The Hall–Kier alpha value is -6.52. The van der Waals surface area contributed by atoms with Crippen molar-refractivity contribution >= 4 is 76.2 Å². The summed E-state index contributed by atoms with van der Waals surface area (Å²) in [5.41, 5.74) is 4.99. The molecule has 0 unspecified atom stereocenters. The van der Waals surface area contributed by atoms with Crippen LogP contribution in [0, 0.1) is 0 Å². The number of benzene rings is 8. The zero-order valence-electron chi connectivity index (χ0n) is 25.5. The van der Waals surface area contributed by atoms with Crippen LogP contribution < -0.4 is 10.9 Å². The molecule has 2 aromatic heterocycles. The summed E-state index contributed by atoms with van der Waals surface area (Å²) < 4.78 is 12.6. The lowest BCUT2D eigenvalue weighted by atomic mass is 9.92. The quantitative estimate of drug-likeness (QED) is 0.143. The molecule has 0 atom stereocenters. The zero-order chi connectivity index (χ0) is 31.9. The van der Waals surface area contributed by atoms with E-state index in [4.69, 9.17) is 8.83 Å². The van der Waals surface area contributed by atoms with Crippen molar-refractivity contribution in [2.45, 2.75) is 0 Å². The molecule has 224 valence electrons. The Morgan fingerprint density at radius 2 is 0.833 bits per heavy atom. The summed E-state index contributed by atoms with van der Waals surface area (Å²) in [4.78, 5) is 27.9. The fourth-order valence-corrected chi connectivity index (χ4v) is 7.33. The van der Waals surface area contributed by atoms with Crippen LogP contribution in [0.15, 0.2) is 164 Å². The topological polar surface area (TPSA) is 60.4 Å². The summed E-state index contributed by atoms with van der Waals surface area (Å²) in [6, 6.07) is 48.1. The van der Waals surface area contributed by atoms with Gasteiger partial charge < -0.3 is 8.83 Å². The van der Waals surface area contributed by atoms with E-state index in [0.717, 1.165) is 27.6 Å². The van der Waals surface area contributed by atoms with E-state index in [1.807, 2.05) is 60.7 Å². The molecule has 0 N–H and O–H groups in total. The van der Waals surface area contributed by atoms with Crippen LogP contribution in [-0.2, 0) is 0 Å². The molecule has 0 fully saturated rings. The molecule has 0 aliphatic rings. The maximum atomic E-state index is 14.0. The van der Waals surface area contributed by atoms with Gasteiger partial charge in [-0.3, -0.25) is 9.59 Å². The van der Waals surface area contributed by atoms with Crippen molar-refractivity contribution in [3.63, 3.8) is 0 Å². The smallest absolute Gasteiger partial charge is 0.204 e. The summed E-state index contributed by atoms with van der Waals surface area (Å²) in [6.45, 7) is 0. The first kappa shape index (κ1) is 26.7. The van der Waals surface area contributed by atoms with E-state index >= 15 is 0 Å². The van der Waals surface area contributed by atoms with Gasteiger partial charge in [0.05, 0.1) is 16.2 Å². The largest absolute Gasteiger partial charge is 0.456 e. The summed E-state index contributed by atoms with van der Waals surface area (Å²) in [6.07, 6.45) is 0. The van der Waals surface area contributed by atoms with E-state index in [9.17, 15) is 9.59 Å². The summed E-state index contributed by atoms with van der Waals surface area (Å²) in [7, 11) is 0. The first-order valence-corrected chi connectivity index (χ1v) is 15.9. The van der Waals surface area contributed by atoms with Crippen molar-refractivity contribution < 1.29 is 8.83 Å². The average molecular weight is 617 g/mol. The normalized spacial score (nSPS) is 11.9. The third-order valence-corrected chi connectivity index (χ3v) is 9.66. The lowest BCUT2D eigenvalue weighted by molar-refractivity contribution is 0.649. The molecule has 4 heteroatoms. The maximum Gasteiger partial charge on any atom is 0.204 e. The lowest BCUT2D eigenvalue weighted by Gasteiger charge is -2.12. The van der Waals surface area contributed by atoms with Gasteiger partial charge in [0.2, 0.25) is 10.9 Å². The summed E-state index contributed by atoms with van der Waals surface area (Å²) in [5.74, 6) is 0. The Labute approximate surface area is 272 Å². The second kappa shape index (κ2) is 9.99. The highest BCUT2D eigenvalue weighted by molar-refractivity contribution is 6.25. The van der Waals surface area contributed by atoms with Crippen LogP contribution in [0.25, 0.3) is 98.4 Å². The van der Waals surface area contributed by atoms with Gasteiger partial charge in [-0.15, -0.1) is 0 Å². The Morgan fingerprint density at radius 3 is 1.54 bits per heavy atom. The molecule has 48 heavy (non-hydrogen) atoms. The predicted molar refractivity (Wildman–Crippen MR) is 197 cm³/mol. The first-order chi connectivity index (χ1) is 23.6. The van der Waals surface area contributed by atoms with Crippen LogP contribution in [0.1, 0.15) is 0 Å². The second-order valence-corrected chi connectivity index (χ2v) is 12.3. The van der Waals surface area contributed by atoms with Crippen molar-refractivity contribution in [2.24, 2.45) is 0 Å². The van der Waals surface area contributed by atoms with Crippen molar-refractivity contribution in [1.82, 2.24) is 0 Å². The predicted octanol–water partition coefficient (Wildman–Crippen LogP) is 11.0. The van der Waals surface area contributed by atoms with Gasteiger partial charge in [0.25, 0.3) is 0 Å². The minimum atomic E-state index is -0.230. The summed E-state index contributed by atoms with van der Waals surface area (Å²) in [5, 5.41) is 8.70. The second-order valence-electron chi connectivity index (χ2n) is 12.3. The van der Waals surface area contributed by atoms with Crippen LogP contribution in [0.2, 0.25) is 0 Å². The van der Waals surface area contributed by atoms with Crippen molar-refractivity contribution in [3.8, 4) is 22.3 Å². The van der Waals surface area contributed by atoms with E-state index in [-0.39, 0.29) is 21.8 Å². The fraction of sp³-hybridized carbons (Fsp3) is 0. The van der Waals surface area contributed by atoms with E-state index in [1.165, 1.54) is 26.9 Å². The highest BCUT2D eigenvalue weighted by Crippen LogP contribution is 2.38. The van der Waals surface area contributed by atoms with E-state index < -0.39 is 0 Å². The highest BCUT2D eigenvalue weighted by atomic mass is 16.3. The van der Waals surface area contributed by atoms with Crippen LogP contribution in [-0.4, -0.2) is 0 Å². The van der Waals surface area contributed by atoms with Crippen LogP contribution in [0.4, 0.5) is 0 Å². The molecule has 0 amide bonds. The van der Waals surface area contributed by atoms with Gasteiger partial charge in [0, 0.05) is 0 Å². The molecule has 0 spiro atoms. The van der Waals surface area contributed by atoms with Crippen molar-refractivity contribution in [3.05, 3.63) is 166 Å². The third-order valence-electron chi connectivity index (χ3n) is 9.66. The minimum absolute atomic E-state index is 0.189. The van der Waals surface area contributed by atoms with Gasteiger partial charge >= 0.3 is 0 Å². The Kier molecular flexibility index (Phi) is 5.55. The van der Waals surface area contributed by atoms with Gasteiger partial charge in [-0.1, -0.05) is 103 Å². The number of rotatable bonds is 2. The molecule has 0 bridgehead atoms. The van der Waals surface area contributed by atoms with Crippen LogP contribution in [0.5, 0.6) is 0 Å². The number of hydrogen-bond donors (Lipinski definition) is 0. The van der Waals surface area contributed by atoms with Crippen molar-refractivity contribution in [1.29, 1.82) is 0 Å². The van der Waals surface area contributed by atoms with Gasteiger partial charge in [-0.05, 0) is 97.0 Å². The third kappa shape index (κ3) is 3.83. The zero-order valence-corrected chi connectivity index (χ0v) is 25.5. The number of hydrogen-bond acceptors (Lipinski definition) is 4. The van der Waals surface area contributed by atoms with Gasteiger partial charge in [-0.25, -0.2) is 0 Å². The molecule has 0 saturated heterocycles. The molecule has 0 aliphatic carbocycles. The molecule has 0 radical (unpaired) electrons. The molecule has 0 aliphatic heterocycles. The lowest BCUT2D eigenvalue weighted by Crippen LogP contribution is -2.07. The van der Waals surface area contributed by atoms with E-state index in [1.54, 1.807) is 18.2 Å². The minimum Gasteiger partial charge on any atom is -0.456 e. The molecule has 0 saturated carbocycles. The average Bonchev–Trinajstić information content (AvgIpc) is 3.15.